The number of imidazole rings is 1. The highest BCUT2D eigenvalue weighted by atomic mass is 16.1. The fourth-order valence-electron chi connectivity index (χ4n) is 3.19. The lowest BCUT2D eigenvalue weighted by molar-refractivity contribution is -0.121. The van der Waals surface area contributed by atoms with Crippen molar-refractivity contribution in [1.29, 1.82) is 0 Å². The van der Waals surface area contributed by atoms with Gasteiger partial charge in [-0.05, 0) is 29.5 Å². The molecule has 4 nitrogen and oxygen atoms in total. The fourth-order valence-corrected chi connectivity index (χ4v) is 3.19. The summed E-state index contributed by atoms with van der Waals surface area (Å²) in [7, 11) is 0. The van der Waals surface area contributed by atoms with Gasteiger partial charge in [0, 0.05) is 5.56 Å². The summed E-state index contributed by atoms with van der Waals surface area (Å²) in [5.41, 5.74) is 9.83. The average Bonchev–Trinajstić information content (AvgIpc) is 2.94. The molecule has 4 heteroatoms. The molecule has 0 saturated heterocycles. The minimum absolute atomic E-state index is 0.0951. The molecule has 2 aromatic carbocycles. The van der Waals surface area contributed by atoms with Crippen LogP contribution in [0.2, 0.25) is 0 Å². The van der Waals surface area contributed by atoms with Gasteiger partial charge in [-0.2, -0.15) is 0 Å². The Balaban J connectivity index is 2.20. The number of hydrogen-bond acceptors (Lipinski definition) is 2. The number of nitrogens with zero attached hydrogens (tertiary/aromatic N) is 2. The van der Waals surface area contributed by atoms with E-state index >= 15 is 0 Å². The summed E-state index contributed by atoms with van der Waals surface area (Å²) >= 11 is 0. The lowest BCUT2D eigenvalue weighted by Gasteiger charge is -2.20. The predicted octanol–water partition coefficient (Wildman–Crippen LogP) is 4.44. The summed E-state index contributed by atoms with van der Waals surface area (Å²) in [4.78, 5) is 16.8. The van der Waals surface area contributed by atoms with Crippen LogP contribution >= 0.6 is 0 Å². The number of fused-ring (bicyclic) bond motifs is 1. The highest BCUT2D eigenvalue weighted by Crippen LogP contribution is 2.31. The quantitative estimate of drug-likeness (QED) is 0.766. The minimum Gasteiger partial charge on any atom is -0.368 e. The van der Waals surface area contributed by atoms with Gasteiger partial charge in [-0.3, -0.25) is 4.79 Å². The number of carbonyl (C=O) groups excluding carboxylic acids is 1. The van der Waals surface area contributed by atoms with Crippen LogP contribution in [-0.4, -0.2) is 15.5 Å². The van der Waals surface area contributed by atoms with E-state index in [2.05, 4.69) is 45.0 Å². The minimum atomic E-state index is -0.412. The number of nitrogens with two attached hydrogens (primary N) is 1. The molecule has 1 unspecified atom stereocenters. The van der Waals surface area contributed by atoms with Crippen LogP contribution in [0.1, 0.15) is 45.7 Å². The molecule has 2 N–H and O–H groups in total. The van der Waals surface area contributed by atoms with Crippen LogP contribution in [-0.2, 0) is 10.2 Å². The second-order valence-electron chi connectivity index (χ2n) is 7.45. The van der Waals surface area contributed by atoms with Gasteiger partial charge in [-0.15, -0.1) is 0 Å². The van der Waals surface area contributed by atoms with Crippen molar-refractivity contribution in [3.05, 3.63) is 54.1 Å². The van der Waals surface area contributed by atoms with Crippen molar-refractivity contribution < 1.29 is 4.79 Å². The molecular weight excluding hydrogens is 310 g/mol. The summed E-state index contributed by atoms with van der Waals surface area (Å²) < 4.78 is 1.98. The van der Waals surface area contributed by atoms with Crippen LogP contribution < -0.4 is 5.73 Å². The van der Waals surface area contributed by atoms with E-state index < -0.39 is 6.04 Å². The van der Waals surface area contributed by atoms with Crippen molar-refractivity contribution in [3.8, 4) is 11.4 Å². The van der Waals surface area contributed by atoms with Gasteiger partial charge >= 0.3 is 0 Å². The van der Waals surface area contributed by atoms with Gasteiger partial charge in [0.05, 0.1) is 11.0 Å². The van der Waals surface area contributed by atoms with Crippen molar-refractivity contribution in [2.45, 2.75) is 45.6 Å². The molecule has 1 heterocycles. The summed E-state index contributed by atoms with van der Waals surface area (Å²) in [5, 5.41) is 0. The molecule has 0 saturated carbocycles. The first-order valence-corrected chi connectivity index (χ1v) is 8.70. The van der Waals surface area contributed by atoms with Gasteiger partial charge in [-0.1, -0.05) is 64.1 Å². The van der Waals surface area contributed by atoms with E-state index in [1.54, 1.807) is 0 Å². The maximum absolute atomic E-state index is 12.0. The third-order valence-electron chi connectivity index (χ3n) is 4.63. The maximum Gasteiger partial charge on any atom is 0.240 e. The third kappa shape index (κ3) is 3.16. The summed E-state index contributed by atoms with van der Waals surface area (Å²) in [5.74, 6) is 0.450. The number of benzene rings is 2. The van der Waals surface area contributed by atoms with Crippen molar-refractivity contribution in [3.63, 3.8) is 0 Å². The summed E-state index contributed by atoms with van der Waals surface area (Å²) in [6, 6.07) is 15.9. The number of aromatic nitrogens is 2. The van der Waals surface area contributed by atoms with E-state index in [0.29, 0.717) is 6.42 Å². The normalized spacial score (nSPS) is 13.1. The molecule has 1 amide bonds. The van der Waals surface area contributed by atoms with Crippen LogP contribution in [0.5, 0.6) is 0 Å². The van der Waals surface area contributed by atoms with Crippen LogP contribution in [0.15, 0.2) is 48.5 Å². The van der Waals surface area contributed by atoms with Crippen molar-refractivity contribution in [2.24, 2.45) is 5.73 Å². The molecule has 3 rings (SSSR count). The lowest BCUT2D eigenvalue weighted by Crippen LogP contribution is -2.26. The maximum atomic E-state index is 12.0. The first-order valence-electron chi connectivity index (χ1n) is 8.70. The molecule has 0 fully saturated rings. The smallest absolute Gasteiger partial charge is 0.240 e. The van der Waals surface area contributed by atoms with Crippen LogP contribution in [0.4, 0.5) is 0 Å². The van der Waals surface area contributed by atoms with Gasteiger partial charge < -0.3 is 10.3 Å². The monoisotopic (exact) mass is 335 g/mol. The van der Waals surface area contributed by atoms with Crippen LogP contribution in [0.3, 0.4) is 0 Å². The van der Waals surface area contributed by atoms with E-state index in [1.807, 2.05) is 35.8 Å². The number of primary amides is 1. The molecule has 1 aromatic heterocycles. The first kappa shape index (κ1) is 17.2. The Morgan fingerprint density at radius 3 is 2.32 bits per heavy atom. The predicted molar refractivity (Wildman–Crippen MR) is 102 cm³/mol. The highest BCUT2D eigenvalue weighted by Gasteiger charge is 2.23. The molecule has 0 aliphatic rings. The van der Waals surface area contributed by atoms with Gasteiger partial charge in [0.1, 0.15) is 11.9 Å². The number of amides is 1. The molecule has 130 valence electrons. The Hall–Kier alpha value is -2.62. The second kappa shape index (κ2) is 6.36. The summed E-state index contributed by atoms with van der Waals surface area (Å²) in [6.07, 6.45) is 0.628. The molecule has 3 aromatic rings. The molecule has 0 aliphatic carbocycles. The van der Waals surface area contributed by atoms with Crippen molar-refractivity contribution in [1.82, 2.24) is 9.55 Å². The van der Waals surface area contributed by atoms with Crippen LogP contribution in [0.25, 0.3) is 22.4 Å². The lowest BCUT2D eigenvalue weighted by atomic mass is 9.86. The second-order valence-corrected chi connectivity index (χ2v) is 7.45. The van der Waals surface area contributed by atoms with E-state index in [-0.39, 0.29) is 11.3 Å². The number of hydrogen-bond donors (Lipinski definition) is 1. The van der Waals surface area contributed by atoms with Crippen molar-refractivity contribution >= 4 is 16.9 Å². The number of rotatable bonds is 4. The summed E-state index contributed by atoms with van der Waals surface area (Å²) in [6.45, 7) is 8.54. The Bertz CT molecular complexity index is 901. The highest BCUT2D eigenvalue weighted by molar-refractivity contribution is 5.86. The van der Waals surface area contributed by atoms with Crippen molar-refractivity contribution in [2.75, 3.05) is 0 Å². The molecule has 0 bridgehead atoms. The molecule has 0 aliphatic heterocycles. The SMILES string of the molecule is CCC(C(N)=O)n1c(-c2ccc(C(C)(C)C)cc2)nc2ccccc21. The number of para-hydroxylation sites is 2. The molecule has 0 radical (unpaired) electrons. The van der Waals surface area contributed by atoms with Gasteiger partial charge in [0.15, 0.2) is 0 Å². The topological polar surface area (TPSA) is 60.9 Å². The average molecular weight is 335 g/mol. The van der Waals surface area contributed by atoms with Crippen LogP contribution in [0, 0.1) is 0 Å². The van der Waals surface area contributed by atoms with Gasteiger partial charge in [-0.25, -0.2) is 4.98 Å². The zero-order chi connectivity index (χ0) is 18.2. The van der Waals surface area contributed by atoms with Gasteiger partial charge in [0.2, 0.25) is 5.91 Å². The first-order chi connectivity index (χ1) is 11.8. The van der Waals surface area contributed by atoms with Gasteiger partial charge in [0.25, 0.3) is 0 Å². The third-order valence-corrected chi connectivity index (χ3v) is 4.63. The van der Waals surface area contributed by atoms with E-state index in [4.69, 9.17) is 10.7 Å². The Kier molecular flexibility index (Phi) is 4.38. The molecule has 25 heavy (non-hydrogen) atoms. The Morgan fingerprint density at radius 1 is 1.12 bits per heavy atom. The largest absolute Gasteiger partial charge is 0.368 e. The molecule has 1 atom stereocenters. The van der Waals surface area contributed by atoms with E-state index in [9.17, 15) is 4.79 Å². The fraction of sp³-hybridized carbons (Fsp3) is 0.333. The standard InChI is InChI=1S/C21H25N3O/c1-5-17(19(22)25)24-18-9-7-6-8-16(18)23-20(24)14-10-12-15(13-11-14)21(2,3)4/h6-13,17H,5H2,1-4H3,(H2,22,25). The molecule has 0 spiro atoms. The van der Waals surface area contributed by atoms with E-state index in [0.717, 1.165) is 22.4 Å². The Morgan fingerprint density at radius 2 is 1.76 bits per heavy atom. The van der Waals surface area contributed by atoms with E-state index in [1.165, 1.54) is 5.56 Å². The molecular formula is C21H25N3O. The zero-order valence-electron chi connectivity index (χ0n) is 15.3. The Labute approximate surface area is 148 Å². The number of carbonyl (C=O) groups is 1. The zero-order valence-corrected chi connectivity index (χ0v) is 15.3.